The van der Waals surface area contributed by atoms with Crippen LogP contribution in [0.5, 0.6) is 0 Å². The average Bonchev–Trinajstić information content (AvgIpc) is 3.29. The third-order valence-corrected chi connectivity index (χ3v) is 7.60. The number of fused-ring (bicyclic) bond motifs is 1. The Morgan fingerprint density at radius 2 is 1.51 bits per heavy atom. The highest BCUT2D eigenvalue weighted by Crippen LogP contribution is 2.41. The van der Waals surface area contributed by atoms with E-state index in [2.05, 4.69) is 97.9 Å². The number of aromatic nitrogens is 3. The van der Waals surface area contributed by atoms with E-state index in [1.165, 1.54) is 22.3 Å². The Labute approximate surface area is 206 Å². The van der Waals surface area contributed by atoms with Gasteiger partial charge in [0.15, 0.2) is 0 Å². The van der Waals surface area contributed by atoms with Gasteiger partial charge in [-0.25, -0.2) is 4.98 Å². The molecule has 0 bridgehead atoms. The second-order valence-corrected chi connectivity index (χ2v) is 9.87. The molecule has 0 saturated heterocycles. The molecule has 2 aromatic heterocycles. The van der Waals surface area contributed by atoms with Crippen molar-refractivity contribution in [3.05, 3.63) is 123 Å². The molecule has 5 rings (SSSR count). The first-order chi connectivity index (χ1) is 16.7. The van der Waals surface area contributed by atoms with Crippen LogP contribution in [0.2, 0.25) is 0 Å². The summed E-state index contributed by atoms with van der Waals surface area (Å²) in [5.74, 6) is 0. The van der Waals surface area contributed by atoms with Crippen molar-refractivity contribution in [3.8, 4) is 11.1 Å². The van der Waals surface area contributed by atoms with Crippen molar-refractivity contribution in [2.75, 3.05) is 0 Å². The summed E-state index contributed by atoms with van der Waals surface area (Å²) in [4.78, 5) is 17.3. The van der Waals surface area contributed by atoms with E-state index in [-0.39, 0.29) is 5.56 Å². The summed E-state index contributed by atoms with van der Waals surface area (Å²) in [6.45, 7) is 8.59. The van der Waals surface area contributed by atoms with Crippen molar-refractivity contribution in [2.24, 2.45) is 14.1 Å². The van der Waals surface area contributed by atoms with E-state index in [9.17, 15) is 4.79 Å². The Balaban J connectivity index is 1.83. The topological polar surface area (TPSA) is 39.8 Å². The first-order valence-corrected chi connectivity index (χ1v) is 12.0. The monoisotopic (exact) mass is 461 g/mol. The number of rotatable bonds is 4. The maximum atomic E-state index is 12.9. The van der Waals surface area contributed by atoms with Gasteiger partial charge in [-0.05, 0) is 73.2 Å². The van der Waals surface area contributed by atoms with Crippen molar-refractivity contribution in [1.29, 1.82) is 0 Å². The highest BCUT2D eigenvalue weighted by molar-refractivity contribution is 5.95. The molecule has 0 fully saturated rings. The second kappa shape index (κ2) is 8.38. The van der Waals surface area contributed by atoms with E-state index in [0.717, 1.165) is 33.3 Å². The third-order valence-electron chi connectivity index (χ3n) is 7.60. The number of imidazole rings is 1. The largest absolute Gasteiger partial charge is 0.337 e. The fourth-order valence-electron chi connectivity index (χ4n) is 5.11. The summed E-state index contributed by atoms with van der Waals surface area (Å²) in [5, 5.41) is 1.06. The number of aryl methyl sites for hydroxylation is 5. The van der Waals surface area contributed by atoms with Gasteiger partial charge >= 0.3 is 0 Å². The summed E-state index contributed by atoms with van der Waals surface area (Å²) >= 11 is 0. The summed E-state index contributed by atoms with van der Waals surface area (Å²) < 4.78 is 3.83. The third kappa shape index (κ3) is 3.70. The number of benzene rings is 3. The Kier molecular flexibility index (Phi) is 5.47. The van der Waals surface area contributed by atoms with Crippen molar-refractivity contribution < 1.29 is 0 Å². The van der Waals surface area contributed by atoms with Crippen LogP contribution in [-0.4, -0.2) is 14.1 Å². The van der Waals surface area contributed by atoms with Gasteiger partial charge in [0.05, 0.1) is 23.0 Å². The molecule has 0 radical (unpaired) electrons. The van der Waals surface area contributed by atoms with Crippen molar-refractivity contribution in [3.63, 3.8) is 0 Å². The lowest BCUT2D eigenvalue weighted by Crippen LogP contribution is -2.28. The van der Waals surface area contributed by atoms with E-state index in [1.54, 1.807) is 10.6 Å². The molecular weight excluding hydrogens is 430 g/mol. The molecule has 0 N–H and O–H groups in total. The van der Waals surface area contributed by atoms with Gasteiger partial charge < -0.3 is 9.13 Å². The van der Waals surface area contributed by atoms with Crippen LogP contribution in [0.1, 0.15) is 40.4 Å². The molecule has 35 heavy (non-hydrogen) atoms. The summed E-state index contributed by atoms with van der Waals surface area (Å²) in [5.41, 5.74) is 9.65. The predicted octanol–water partition coefficient (Wildman–Crippen LogP) is 6.22. The normalized spacial score (nSPS) is 13.2. The molecule has 0 amide bonds. The lowest BCUT2D eigenvalue weighted by atomic mass is 9.73. The smallest absolute Gasteiger partial charge is 0.251 e. The van der Waals surface area contributed by atoms with Gasteiger partial charge in [0.25, 0.3) is 5.56 Å². The molecule has 176 valence electrons. The number of pyridine rings is 1. The van der Waals surface area contributed by atoms with E-state index in [1.807, 2.05) is 26.6 Å². The first-order valence-electron chi connectivity index (χ1n) is 12.0. The van der Waals surface area contributed by atoms with Gasteiger partial charge in [-0.15, -0.1) is 0 Å². The molecule has 0 spiro atoms. The van der Waals surface area contributed by atoms with Crippen molar-refractivity contribution >= 4 is 10.9 Å². The predicted molar refractivity (Wildman–Crippen MR) is 144 cm³/mol. The zero-order valence-corrected chi connectivity index (χ0v) is 21.3. The maximum absolute atomic E-state index is 12.9. The Hall–Kier alpha value is -3.92. The molecule has 0 saturated carbocycles. The van der Waals surface area contributed by atoms with Crippen LogP contribution >= 0.6 is 0 Å². The minimum absolute atomic E-state index is 0.00795. The van der Waals surface area contributed by atoms with E-state index in [4.69, 9.17) is 0 Å². The fourth-order valence-corrected chi connectivity index (χ4v) is 5.11. The molecule has 0 aliphatic carbocycles. The van der Waals surface area contributed by atoms with Crippen LogP contribution in [-0.2, 0) is 19.5 Å². The standard InChI is InChI=1S/C31H31N3O/c1-20-7-11-24(12-8-20)31(4,29-18-32-19-33(29)5)25-13-14-28-27(16-25)26(17-30(35)34(28)6)23-10-9-21(2)22(3)15-23/h7-19H,1-6H3. The molecule has 4 heteroatoms. The first kappa shape index (κ1) is 22.9. The van der Waals surface area contributed by atoms with Gasteiger partial charge in [-0.1, -0.05) is 54.1 Å². The second-order valence-electron chi connectivity index (χ2n) is 9.87. The molecule has 2 heterocycles. The lowest BCUT2D eigenvalue weighted by Gasteiger charge is -2.32. The van der Waals surface area contributed by atoms with Gasteiger partial charge in [0.1, 0.15) is 0 Å². The van der Waals surface area contributed by atoms with Crippen LogP contribution in [0.25, 0.3) is 22.0 Å². The number of hydrogen-bond acceptors (Lipinski definition) is 2. The molecule has 1 atom stereocenters. The number of nitrogens with zero attached hydrogens (tertiary/aromatic N) is 3. The van der Waals surface area contributed by atoms with Crippen LogP contribution in [0.15, 0.2) is 84.0 Å². The molecule has 4 nitrogen and oxygen atoms in total. The molecule has 0 aliphatic heterocycles. The summed E-state index contributed by atoms with van der Waals surface area (Å²) in [6, 6.07) is 23.4. The Bertz CT molecular complexity index is 1620. The summed E-state index contributed by atoms with van der Waals surface area (Å²) in [7, 11) is 3.88. The maximum Gasteiger partial charge on any atom is 0.251 e. The van der Waals surface area contributed by atoms with Gasteiger partial charge in [-0.2, -0.15) is 0 Å². The minimum Gasteiger partial charge on any atom is -0.337 e. The quantitative estimate of drug-likeness (QED) is 0.319. The van der Waals surface area contributed by atoms with Gasteiger partial charge in [-0.3, -0.25) is 4.79 Å². The van der Waals surface area contributed by atoms with E-state index < -0.39 is 5.41 Å². The molecule has 0 aliphatic rings. The summed E-state index contributed by atoms with van der Waals surface area (Å²) in [6.07, 6.45) is 3.81. The Morgan fingerprint density at radius 3 is 2.17 bits per heavy atom. The number of hydrogen-bond donors (Lipinski definition) is 0. The highest BCUT2D eigenvalue weighted by atomic mass is 16.1. The zero-order chi connectivity index (χ0) is 24.9. The van der Waals surface area contributed by atoms with Gasteiger partial charge in [0.2, 0.25) is 0 Å². The van der Waals surface area contributed by atoms with Gasteiger partial charge in [0, 0.05) is 31.7 Å². The van der Waals surface area contributed by atoms with E-state index in [0.29, 0.717) is 0 Å². The van der Waals surface area contributed by atoms with Crippen molar-refractivity contribution in [2.45, 2.75) is 33.1 Å². The SMILES string of the molecule is Cc1ccc(C(C)(c2ccc3c(c2)c(-c2ccc(C)c(C)c2)cc(=O)n3C)c2cncn2C)cc1. The fraction of sp³-hybridized carbons (Fsp3) is 0.226. The van der Waals surface area contributed by atoms with Crippen molar-refractivity contribution in [1.82, 2.24) is 14.1 Å². The average molecular weight is 462 g/mol. The lowest BCUT2D eigenvalue weighted by molar-refractivity contribution is 0.626. The van der Waals surface area contributed by atoms with Crippen LogP contribution < -0.4 is 5.56 Å². The van der Waals surface area contributed by atoms with Crippen LogP contribution in [0.4, 0.5) is 0 Å². The molecule has 1 unspecified atom stereocenters. The molecular formula is C31H31N3O. The molecule has 5 aromatic rings. The highest BCUT2D eigenvalue weighted by Gasteiger charge is 2.34. The van der Waals surface area contributed by atoms with Crippen LogP contribution in [0, 0.1) is 20.8 Å². The molecule has 3 aromatic carbocycles. The zero-order valence-electron chi connectivity index (χ0n) is 21.3. The van der Waals surface area contributed by atoms with E-state index >= 15 is 0 Å². The Morgan fingerprint density at radius 1 is 0.800 bits per heavy atom. The van der Waals surface area contributed by atoms with Crippen LogP contribution in [0.3, 0.4) is 0 Å². The minimum atomic E-state index is -0.428.